The van der Waals surface area contributed by atoms with E-state index in [1.165, 1.54) is 6.07 Å². The van der Waals surface area contributed by atoms with Gasteiger partial charge >= 0.3 is 0 Å². The molecule has 3 rings (SSSR count). The van der Waals surface area contributed by atoms with Crippen LogP contribution in [0.25, 0.3) is 0 Å². The number of morpholine rings is 1. The highest BCUT2D eigenvalue weighted by Gasteiger charge is 2.17. The minimum Gasteiger partial charge on any atom is -0.378 e. The minimum atomic E-state index is -0.409. The van der Waals surface area contributed by atoms with Crippen LogP contribution in [0.15, 0.2) is 18.2 Å². The molecule has 1 saturated heterocycles. The Balaban J connectivity index is 1.87. The molecule has 134 valence electrons. The zero-order valence-corrected chi connectivity index (χ0v) is 14.4. The van der Waals surface area contributed by atoms with Crippen molar-refractivity contribution >= 4 is 17.2 Å². The number of nitrogens with zero attached hydrogens (tertiary/aromatic N) is 2. The van der Waals surface area contributed by atoms with Gasteiger partial charge in [-0.1, -0.05) is 0 Å². The van der Waals surface area contributed by atoms with Gasteiger partial charge in [-0.3, -0.25) is 0 Å². The number of anilines is 3. The summed E-state index contributed by atoms with van der Waals surface area (Å²) in [5.41, 5.74) is 7.95. The van der Waals surface area contributed by atoms with E-state index in [-0.39, 0.29) is 18.1 Å². The molecule has 0 bridgehead atoms. The van der Waals surface area contributed by atoms with Gasteiger partial charge in [-0.05, 0) is 37.6 Å². The van der Waals surface area contributed by atoms with Gasteiger partial charge in [0.05, 0.1) is 24.6 Å². The van der Waals surface area contributed by atoms with Gasteiger partial charge in [0, 0.05) is 30.9 Å². The van der Waals surface area contributed by atoms with Crippen molar-refractivity contribution in [3.05, 3.63) is 46.7 Å². The summed E-state index contributed by atoms with van der Waals surface area (Å²) in [4.78, 5) is 6.27. The summed E-state index contributed by atoms with van der Waals surface area (Å²) in [6.45, 7) is 6.11. The van der Waals surface area contributed by atoms with E-state index >= 15 is 0 Å². The number of benzene rings is 1. The fourth-order valence-corrected chi connectivity index (χ4v) is 2.94. The molecule has 1 aromatic heterocycles. The van der Waals surface area contributed by atoms with E-state index in [1.54, 1.807) is 19.9 Å². The number of rotatable bonds is 4. The molecule has 2 heterocycles. The molecule has 1 aromatic carbocycles. The van der Waals surface area contributed by atoms with Gasteiger partial charge in [-0.15, -0.1) is 0 Å². The maximum absolute atomic E-state index is 14.5. The third-order valence-corrected chi connectivity index (χ3v) is 4.46. The summed E-state index contributed by atoms with van der Waals surface area (Å²) in [6.07, 6.45) is 0. The smallest absolute Gasteiger partial charge is 0.149 e. The molecule has 7 heteroatoms. The number of nitrogens with one attached hydrogen (secondary N) is 1. The average molecular weight is 348 g/mol. The maximum Gasteiger partial charge on any atom is 0.149 e. The Morgan fingerprint density at radius 2 is 1.96 bits per heavy atom. The molecule has 25 heavy (non-hydrogen) atoms. The van der Waals surface area contributed by atoms with E-state index in [0.29, 0.717) is 35.8 Å². The van der Waals surface area contributed by atoms with Crippen LogP contribution >= 0.6 is 0 Å². The van der Waals surface area contributed by atoms with E-state index in [0.717, 1.165) is 18.8 Å². The van der Waals surface area contributed by atoms with Gasteiger partial charge in [0.15, 0.2) is 0 Å². The first-order valence-electron chi connectivity index (χ1n) is 8.26. The average Bonchev–Trinajstić information content (AvgIpc) is 2.62. The van der Waals surface area contributed by atoms with Gasteiger partial charge in [0.1, 0.15) is 17.5 Å². The van der Waals surface area contributed by atoms with Crippen LogP contribution in [-0.2, 0) is 11.3 Å². The molecular formula is C18H22F2N4O. The lowest BCUT2D eigenvalue weighted by Crippen LogP contribution is -2.36. The summed E-state index contributed by atoms with van der Waals surface area (Å²) >= 11 is 0. The molecule has 0 atom stereocenters. The normalized spacial score (nSPS) is 14.7. The van der Waals surface area contributed by atoms with Crippen molar-refractivity contribution in [1.82, 2.24) is 4.98 Å². The monoisotopic (exact) mass is 348 g/mol. The van der Waals surface area contributed by atoms with E-state index in [2.05, 4.69) is 15.2 Å². The van der Waals surface area contributed by atoms with Gasteiger partial charge < -0.3 is 20.7 Å². The minimum absolute atomic E-state index is 0.0636. The first-order valence-corrected chi connectivity index (χ1v) is 8.26. The first kappa shape index (κ1) is 17.6. The number of hydrogen-bond donors (Lipinski definition) is 2. The number of ether oxygens (including phenoxy) is 1. The quantitative estimate of drug-likeness (QED) is 0.889. The van der Waals surface area contributed by atoms with Crippen molar-refractivity contribution in [2.24, 2.45) is 5.73 Å². The second-order valence-corrected chi connectivity index (χ2v) is 6.06. The Kier molecular flexibility index (Phi) is 5.15. The van der Waals surface area contributed by atoms with Crippen LogP contribution in [-0.4, -0.2) is 31.3 Å². The topological polar surface area (TPSA) is 63.4 Å². The predicted octanol–water partition coefficient (Wildman–Crippen LogP) is 3.02. The molecule has 2 aromatic rings. The molecule has 0 radical (unpaired) electrons. The SMILES string of the molecule is Cc1nc(Nc2ccc(N3CCOCC3)cc2F)c(C)c(CN)c1F. The van der Waals surface area contributed by atoms with Gasteiger partial charge in [-0.2, -0.15) is 0 Å². The lowest BCUT2D eigenvalue weighted by atomic mass is 10.1. The molecule has 0 unspecified atom stereocenters. The van der Waals surface area contributed by atoms with Gasteiger partial charge in [-0.25, -0.2) is 13.8 Å². The number of nitrogens with two attached hydrogens (primary N) is 1. The molecule has 5 nitrogen and oxygen atoms in total. The highest BCUT2D eigenvalue weighted by Crippen LogP contribution is 2.28. The standard InChI is InChI=1S/C18H22F2N4O/c1-11-14(10-21)17(20)12(2)22-18(11)23-16-4-3-13(9-15(16)19)24-5-7-25-8-6-24/h3-4,9H,5-8,10,21H2,1-2H3,(H,22,23). The number of aryl methyl sites for hydroxylation is 1. The number of hydrogen-bond acceptors (Lipinski definition) is 5. The molecule has 0 saturated carbocycles. The third-order valence-electron chi connectivity index (χ3n) is 4.46. The highest BCUT2D eigenvalue weighted by molar-refractivity contribution is 5.64. The number of aromatic nitrogens is 1. The Morgan fingerprint density at radius 1 is 1.24 bits per heavy atom. The van der Waals surface area contributed by atoms with Crippen molar-refractivity contribution in [3.63, 3.8) is 0 Å². The predicted molar refractivity (Wildman–Crippen MR) is 94.3 cm³/mol. The molecule has 1 aliphatic rings. The Labute approximate surface area is 145 Å². The van der Waals surface area contributed by atoms with Crippen LogP contribution in [0.4, 0.5) is 26.0 Å². The maximum atomic E-state index is 14.5. The van der Waals surface area contributed by atoms with Crippen LogP contribution in [0.5, 0.6) is 0 Å². The van der Waals surface area contributed by atoms with Crippen molar-refractivity contribution in [2.45, 2.75) is 20.4 Å². The summed E-state index contributed by atoms with van der Waals surface area (Å²) < 4.78 is 33.9. The second kappa shape index (κ2) is 7.33. The fraction of sp³-hybridized carbons (Fsp3) is 0.389. The summed E-state index contributed by atoms with van der Waals surface area (Å²) in [6, 6.07) is 5.01. The molecule has 0 spiro atoms. The van der Waals surface area contributed by atoms with Crippen LogP contribution in [0.2, 0.25) is 0 Å². The van der Waals surface area contributed by atoms with Crippen molar-refractivity contribution in [3.8, 4) is 0 Å². The highest BCUT2D eigenvalue weighted by atomic mass is 19.1. The van der Waals surface area contributed by atoms with Crippen LogP contribution in [0.1, 0.15) is 16.8 Å². The first-order chi connectivity index (χ1) is 12.0. The van der Waals surface area contributed by atoms with E-state index < -0.39 is 5.82 Å². The number of pyridine rings is 1. The Hall–Kier alpha value is -2.25. The molecule has 0 amide bonds. The van der Waals surface area contributed by atoms with Crippen molar-refractivity contribution < 1.29 is 13.5 Å². The van der Waals surface area contributed by atoms with Crippen molar-refractivity contribution in [2.75, 3.05) is 36.5 Å². The Morgan fingerprint density at radius 3 is 2.60 bits per heavy atom. The summed E-state index contributed by atoms with van der Waals surface area (Å²) in [5.74, 6) is -0.382. The molecule has 0 aliphatic carbocycles. The largest absolute Gasteiger partial charge is 0.378 e. The van der Waals surface area contributed by atoms with Gasteiger partial charge in [0.25, 0.3) is 0 Å². The molecule has 1 aliphatic heterocycles. The third kappa shape index (κ3) is 3.57. The lowest BCUT2D eigenvalue weighted by molar-refractivity contribution is 0.122. The fourth-order valence-electron chi connectivity index (χ4n) is 2.94. The van der Waals surface area contributed by atoms with Crippen LogP contribution < -0.4 is 16.0 Å². The van der Waals surface area contributed by atoms with Crippen LogP contribution in [0, 0.1) is 25.5 Å². The Bertz CT molecular complexity index is 776. The van der Waals surface area contributed by atoms with Crippen LogP contribution in [0.3, 0.4) is 0 Å². The zero-order chi connectivity index (χ0) is 18.0. The lowest BCUT2D eigenvalue weighted by Gasteiger charge is -2.29. The van der Waals surface area contributed by atoms with Crippen molar-refractivity contribution in [1.29, 1.82) is 0 Å². The van der Waals surface area contributed by atoms with E-state index in [9.17, 15) is 8.78 Å². The summed E-state index contributed by atoms with van der Waals surface area (Å²) in [7, 11) is 0. The molecule has 3 N–H and O–H groups in total. The molecular weight excluding hydrogens is 326 g/mol. The van der Waals surface area contributed by atoms with E-state index in [1.807, 2.05) is 6.07 Å². The van der Waals surface area contributed by atoms with Gasteiger partial charge in [0.2, 0.25) is 0 Å². The second-order valence-electron chi connectivity index (χ2n) is 6.06. The molecule has 1 fully saturated rings. The van der Waals surface area contributed by atoms with E-state index in [4.69, 9.17) is 10.5 Å². The zero-order valence-electron chi connectivity index (χ0n) is 14.4. The summed E-state index contributed by atoms with van der Waals surface area (Å²) in [5, 5.41) is 2.96. The number of halogens is 2.